The number of carbonyl (C=O) groups excluding carboxylic acids is 5. The second-order valence-electron chi connectivity index (χ2n) is 21.9. The molecular formula is C54H87NO13Si. The highest BCUT2D eigenvalue weighted by Gasteiger charge is 2.53. The molecule has 2 bridgehead atoms. The molecule has 4 rings (SSSR count). The van der Waals surface area contributed by atoms with Gasteiger partial charge in [-0.25, -0.2) is 4.79 Å². The van der Waals surface area contributed by atoms with E-state index in [1.807, 2.05) is 44.2 Å². The first-order valence-electron chi connectivity index (χ1n) is 25.6. The number of nitrogens with zero attached hydrogens (tertiary/aromatic N) is 1. The number of amides is 1. The third-order valence-corrected chi connectivity index (χ3v) is 20.2. The summed E-state index contributed by atoms with van der Waals surface area (Å²) in [5, 5.41) is 23.2. The number of aliphatic hydroxyl groups is 2. The van der Waals surface area contributed by atoms with Gasteiger partial charge < -0.3 is 43.2 Å². The number of ketones is 3. The molecule has 1 aliphatic carbocycles. The van der Waals surface area contributed by atoms with Gasteiger partial charge in [0.25, 0.3) is 11.7 Å². The SMILES string of the molecule is CO[C@H]1C[C@@H]2CC[C@@H](C)[C@@](O)(O2)C(=O)C(=O)N2CCCC[C@H]2C(=O)O[C@H]([C@H](C)C[C@@H]2CCC(O[Si](C)(C)C(C)(C)C)[C@H](OC)C2)CC(=O)C/C=C(\C)[C@@H](O)[C@@H](OC)C(=O)CCC/C=C/C=C/C=C/1C. The van der Waals surface area contributed by atoms with Crippen molar-refractivity contribution >= 4 is 37.5 Å². The van der Waals surface area contributed by atoms with Gasteiger partial charge in [0.05, 0.1) is 24.4 Å². The van der Waals surface area contributed by atoms with Crippen molar-refractivity contribution in [3.63, 3.8) is 0 Å². The van der Waals surface area contributed by atoms with Crippen molar-refractivity contribution in [2.75, 3.05) is 27.9 Å². The molecule has 4 aliphatic rings. The van der Waals surface area contributed by atoms with Crippen molar-refractivity contribution in [2.24, 2.45) is 17.8 Å². The molecule has 14 nitrogen and oxygen atoms in total. The Hall–Kier alpha value is -3.15. The number of allylic oxidation sites excluding steroid dienone is 6. The van der Waals surface area contributed by atoms with Crippen molar-refractivity contribution in [3.05, 3.63) is 47.6 Å². The molecule has 3 fully saturated rings. The van der Waals surface area contributed by atoms with Crippen LogP contribution in [-0.2, 0) is 52.1 Å². The molecule has 1 saturated carbocycles. The number of hydrogen-bond donors (Lipinski definition) is 2. The van der Waals surface area contributed by atoms with Crippen LogP contribution < -0.4 is 0 Å². The molecule has 12 atom stereocenters. The van der Waals surface area contributed by atoms with Gasteiger partial charge in [0.1, 0.15) is 30.1 Å². The Morgan fingerprint density at radius 2 is 1.61 bits per heavy atom. The zero-order chi connectivity index (χ0) is 51.3. The maximum absolute atomic E-state index is 14.5. The minimum atomic E-state index is -2.42. The predicted octanol–water partition coefficient (Wildman–Crippen LogP) is 8.47. The zero-order valence-electron chi connectivity index (χ0n) is 44.0. The molecule has 15 heteroatoms. The van der Waals surface area contributed by atoms with Crippen LogP contribution in [-0.4, -0.2) is 135 Å². The summed E-state index contributed by atoms with van der Waals surface area (Å²) in [5.41, 5.74) is 1.30. The van der Waals surface area contributed by atoms with Crippen LogP contribution in [0.25, 0.3) is 0 Å². The Balaban J connectivity index is 1.64. The van der Waals surface area contributed by atoms with Gasteiger partial charge in [-0.1, -0.05) is 71.1 Å². The van der Waals surface area contributed by atoms with E-state index in [4.69, 9.17) is 28.1 Å². The Labute approximate surface area is 414 Å². The highest BCUT2D eigenvalue weighted by atomic mass is 28.4. The summed E-state index contributed by atoms with van der Waals surface area (Å²) in [5.74, 6) is -6.56. The van der Waals surface area contributed by atoms with Gasteiger partial charge in [-0.2, -0.15) is 0 Å². The normalized spacial score (nSPS) is 36.0. The lowest BCUT2D eigenvalue weighted by Crippen LogP contribution is -2.61. The Morgan fingerprint density at radius 3 is 2.28 bits per heavy atom. The van der Waals surface area contributed by atoms with Gasteiger partial charge in [-0.15, -0.1) is 0 Å². The lowest BCUT2D eigenvalue weighted by molar-refractivity contribution is -0.265. The van der Waals surface area contributed by atoms with E-state index < -0.39 is 74.2 Å². The van der Waals surface area contributed by atoms with Crippen LogP contribution >= 0.6 is 0 Å². The first-order chi connectivity index (χ1) is 32.5. The number of esters is 1. The average Bonchev–Trinajstić information content (AvgIpc) is 3.30. The number of cyclic esters (lactones) is 1. The molecule has 0 aromatic heterocycles. The number of Topliss-reactive ketones (excluding diaryl/α,β-unsaturated/α-hetero) is 3. The summed E-state index contributed by atoms with van der Waals surface area (Å²) < 4.78 is 36.7. The van der Waals surface area contributed by atoms with Crippen molar-refractivity contribution in [1.82, 2.24) is 4.90 Å². The number of carbonyl (C=O) groups is 5. The van der Waals surface area contributed by atoms with Gasteiger partial charge in [0, 0.05) is 59.5 Å². The lowest BCUT2D eigenvalue weighted by Gasteiger charge is -2.44. The van der Waals surface area contributed by atoms with Gasteiger partial charge in [-0.05, 0) is 126 Å². The predicted molar refractivity (Wildman–Crippen MR) is 268 cm³/mol. The van der Waals surface area contributed by atoms with E-state index >= 15 is 0 Å². The van der Waals surface area contributed by atoms with Gasteiger partial charge in [0.15, 0.2) is 14.1 Å². The van der Waals surface area contributed by atoms with Crippen LogP contribution in [0.1, 0.15) is 145 Å². The smallest absolute Gasteiger partial charge is 0.329 e. The molecule has 1 unspecified atom stereocenters. The summed E-state index contributed by atoms with van der Waals surface area (Å²) in [6.07, 6.45) is 13.5. The van der Waals surface area contributed by atoms with E-state index in [2.05, 4.69) is 33.9 Å². The molecule has 0 spiro atoms. The molecule has 69 heavy (non-hydrogen) atoms. The highest BCUT2D eigenvalue weighted by molar-refractivity contribution is 6.74. The third kappa shape index (κ3) is 15.9. The number of fused-ring (bicyclic) bond motifs is 3. The summed E-state index contributed by atoms with van der Waals surface area (Å²) in [6, 6.07) is -1.12. The third-order valence-electron chi connectivity index (χ3n) is 15.7. The summed E-state index contributed by atoms with van der Waals surface area (Å²) >= 11 is 0. The van der Waals surface area contributed by atoms with E-state index in [0.29, 0.717) is 56.9 Å². The van der Waals surface area contributed by atoms with E-state index in [1.54, 1.807) is 34.1 Å². The number of piperidine rings is 1. The molecule has 2 saturated heterocycles. The lowest BCUT2D eigenvalue weighted by atomic mass is 9.78. The minimum absolute atomic E-state index is 0.0385. The Morgan fingerprint density at radius 1 is 0.884 bits per heavy atom. The fraction of sp³-hybridized carbons (Fsp3) is 0.759. The van der Waals surface area contributed by atoms with E-state index in [9.17, 15) is 34.2 Å². The van der Waals surface area contributed by atoms with Crippen molar-refractivity contribution in [3.8, 4) is 0 Å². The van der Waals surface area contributed by atoms with Crippen LogP contribution in [0.15, 0.2) is 47.6 Å². The average molecular weight is 986 g/mol. The molecule has 390 valence electrons. The zero-order valence-corrected chi connectivity index (χ0v) is 45.0. The Bertz CT molecular complexity index is 1870. The van der Waals surface area contributed by atoms with Crippen LogP contribution in [0.4, 0.5) is 0 Å². The minimum Gasteiger partial charge on any atom is -0.460 e. The second-order valence-corrected chi connectivity index (χ2v) is 26.6. The van der Waals surface area contributed by atoms with Gasteiger partial charge >= 0.3 is 5.97 Å². The van der Waals surface area contributed by atoms with Crippen LogP contribution in [0.3, 0.4) is 0 Å². The van der Waals surface area contributed by atoms with Crippen molar-refractivity contribution in [2.45, 2.75) is 217 Å². The standard InChI is InChI=1S/C54H87NO13Si/c1-35-21-17-15-13-14-16-18-23-43(57)49(65-10)48(58)36(2)24-27-40(56)33-46(37(3)31-39-26-29-44(47(32-39)64-9)68-69(11,12)53(5,6)7)66-52(61)42-22-19-20-30-55(42)51(60)50(59)54(62)38(4)25-28-41(67-54)34-45(35)63-8/h13-15,17,21,24,37-39,41-42,44-49,58,62H,16,18-20,22-23,25-34H2,1-12H3/b14-13+,17-15+,35-21+,36-24+/t37-,38-,39+,41+,42+,44?,45+,46+,47-,48-,49+,54-/m1/s1. The largest absolute Gasteiger partial charge is 0.460 e. The molecule has 1 amide bonds. The highest BCUT2D eigenvalue weighted by Crippen LogP contribution is 2.42. The fourth-order valence-electron chi connectivity index (χ4n) is 9.98. The molecular weight excluding hydrogens is 899 g/mol. The number of ether oxygens (including phenoxy) is 5. The van der Waals surface area contributed by atoms with E-state index in [-0.39, 0.29) is 72.9 Å². The molecule has 3 heterocycles. The van der Waals surface area contributed by atoms with Crippen molar-refractivity contribution < 1.29 is 62.3 Å². The number of hydrogen-bond acceptors (Lipinski definition) is 13. The molecule has 2 N–H and O–H groups in total. The van der Waals surface area contributed by atoms with Crippen LogP contribution in [0.2, 0.25) is 18.1 Å². The van der Waals surface area contributed by atoms with Gasteiger partial charge in [-0.3, -0.25) is 19.2 Å². The Kier molecular flexibility index (Phi) is 22.4. The molecule has 0 radical (unpaired) electrons. The maximum Gasteiger partial charge on any atom is 0.329 e. The van der Waals surface area contributed by atoms with E-state index in [0.717, 1.165) is 24.8 Å². The quantitative estimate of drug-likeness (QED) is 0.102. The molecule has 0 aromatic rings. The van der Waals surface area contributed by atoms with Gasteiger partial charge in [0.2, 0.25) is 5.79 Å². The summed E-state index contributed by atoms with van der Waals surface area (Å²) in [7, 11) is 2.60. The monoisotopic (exact) mass is 986 g/mol. The number of aliphatic hydroxyl groups excluding tert-OH is 1. The first-order valence-corrected chi connectivity index (χ1v) is 28.5. The number of rotatable bonds is 8. The summed E-state index contributed by atoms with van der Waals surface area (Å²) in [6.45, 7) is 18.5. The topological polar surface area (TPSA) is 184 Å². The fourth-order valence-corrected chi connectivity index (χ4v) is 11.4. The molecule has 3 aliphatic heterocycles. The summed E-state index contributed by atoms with van der Waals surface area (Å²) in [4.78, 5) is 71.4. The van der Waals surface area contributed by atoms with Crippen LogP contribution in [0.5, 0.6) is 0 Å². The maximum atomic E-state index is 14.5. The molecule has 0 aromatic carbocycles. The first kappa shape index (κ1) is 58.4. The second kappa shape index (κ2) is 26.5. The van der Waals surface area contributed by atoms with Crippen LogP contribution in [0, 0.1) is 17.8 Å². The van der Waals surface area contributed by atoms with E-state index in [1.165, 1.54) is 12.0 Å². The number of methoxy groups -OCH3 is 3. The van der Waals surface area contributed by atoms with Crippen molar-refractivity contribution in [1.29, 1.82) is 0 Å².